The number of anilines is 1. The molecule has 2 fully saturated rings. The lowest BCUT2D eigenvalue weighted by Crippen LogP contribution is -2.55. The Labute approximate surface area is 193 Å². The molecule has 1 aromatic heterocycles. The number of nitrogens with zero attached hydrogens (tertiary/aromatic N) is 4. The molecule has 0 radical (unpaired) electrons. The SMILES string of the molecule is CC(C)CC(=O)N[C@@H](C(=O)N1CCC[C@@H](CN2CCN(c3ccccn3)CC2)C1)C(C)C. The zero-order valence-corrected chi connectivity index (χ0v) is 20.3. The van der Waals surface area contributed by atoms with Crippen molar-refractivity contribution in [2.24, 2.45) is 17.8 Å². The Balaban J connectivity index is 1.50. The molecule has 2 aliphatic heterocycles. The molecule has 0 unspecified atom stereocenters. The molecule has 1 aromatic rings. The fourth-order valence-corrected chi connectivity index (χ4v) is 4.79. The summed E-state index contributed by atoms with van der Waals surface area (Å²) < 4.78 is 0. The van der Waals surface area contributed by atoms with Crippen molar-refractivity contribution < 1.29 is 9.59 Å². The quantitative estimate of drug-likeness (QED) is 0.669. The maximum atomic E-state index is 13.3. The van der Waals surface area contributed by atoms with Crippen molar-refractivity contribution >= 4 is 17.6 Å². The lowest BCUT2D eigenvalue weighted by Gasteiger charge is -2.40. The van der Waals surface area contributed by atoms with Crippen LogP contribution in [0.2, 0.25) is 0 Å². The number of carbonyl (C=O) groups excluding carboxylic acids is 2. The highest BCUT2D eigenvalue weighted by Gasteiger charge is 2.32. The highest BCUT2D eigenvalue weighted by molar-refractivity contribution is 5.88. The Kier molecular flexibility index (Phi) is 8.91. The van der Waals surface area contributed by atoms with Gasteiger partial charge in [-0.15, -0.1) is 0 Å². The van der Waals surface area contributed by atoms with Gasteiger partial charge in [-0.2, -0.15) is 0 Å². The van der Waals surface area contributed by atoms with E-state index >= 15 is 0 Å². The van der Waals surface area contributed by atoms with Crippen LogP contribution in [0.25, 0.3) is 0 Å². The number of rotatable bonds is 8. The van der Waals surface area contributed by atoms with Crippen LogP contribution < -0.4 is 10.2 Å². The number of nitrogens with one attached hydrogen (secondary N) is 1. The molecular weight excluding hydrogens is 402 g/mol. The zero-order chi connectivity index (χ0) is 23.1. The van der Waals surface area contributed by atoms with Gasteiger partial charge in [0.05, 0.1) is 0 Å². The monoisotopic (exact) mass is 443 g/mol. The first-order valence-corrected chi connectivity index (χ1v) is 12.3. The van der Waals surface area contributed by atoms with Crippen molar-refractivity contribution in [3.63, 3.8) is 0 Å². The topological polar surface area (TPSA) is 68.8 Å². The number of hydrogen-bond donors (Lipinski definition) is 1. The molecule has 7 nitrogen and oxygen atoms in total. The van der Waals surface area contributed by atoms with Gasteiger partial charge in [-0.25, -0.2) is 4.98 Å². The van der Waals surface area contributed by atoms with E-state index in [9.17, 15) is 9.59 Å². The Bertz CT molecular complexity index is 731. The molecule has 2 amide bonds. The zero-order valence-electron chi connectivity index (χ0n) is 20.3. The number of likely N-dealkylation sites (tertiary alicyclic amines) is 1. The Morgan fingerprint density at radius 1 is 1.09 bits per heavy atom. The predicted molar refractivity (Wildman–Crippen MR) is 128 cm³/mol. The van der Waals surface area contributed by atoms with Crippen LogP contribution in [0.15, 0.2) is 24.4 Å². The highest BCUT2D eigenvalue weighted by Crippen LogP contribution is 2.21. The molecule has 0 saturated carbocycles. The summed E-state index contributed by atoms with van der Waals surface area (Å²) in [7, 11) is 0. The average molecular weight is 444 g/mol. The molecule has 3 rings (SSSR count). The van der Waals surface area contributed by atoms with Gasteiger partial charge in [0.25, 0.3) is 0 Å². The summed E-state index contributed by atoms with van der Waals surface area (Å²) in [5, 5.41) is 3.01. The number of piperazine rings is 1. The first-order valence-electron chi connectivity index (χ1n) is 12.3. The second-order valence-electron chi connectivity index (χ2n) is 10.2. The van der Waals surface area contributed by atoms with Crippen LogP contribution in [0.4, 0.5) is 5.82 Å². The van der Waals surface area contributed by atoms with Crippen LogP contribution in [0.1, 0.15) is 47.0 Å². The van der Waals surface area contributed by atoms with E-state index in [4.69, 9.17) is 0 Å². The number of pyridine rings is 1. The van der Waals surface area contributed by atoms with E-state index in [1.165, 1.54) is 0 Å². The fraction of sp³-hybridized carbons (Fsp3) is 0.720. The third-order valence-electron chi connectivity index (χ3n) is 6.54. The third-order valence-corrected chi connectivity index (χ3v) is 6.54. The molecular formula is C25H41N5O2. The van der Waals surface area contributed by atoms with E-state index < -0.39 is 6.04 Å². The van der Waals surface area contributed by atoms with Crippen molar-refractivity contribution in [2.45, 2.75) is 53.0 Å². The first kappa shape index (κ1) is 24.5. The number of carbonyl (C=O) groups is 2. The molecule has 3 heterocycles. The lowest BCUT2D eigenvalue weighted by molar-refractivity contribution is -0.139. The Hall–Kier alpha value is -2.15. The van der Waals surface area contributed by atoms with Crippen LogP contribution in [-0.2, 0) is 9.59 Å². The lowest BCUT2D eigenvalue weighted by atomic mass is 9.94. The normalized spacial score (nSPS) is 21.1. The van der Waals surface area contributed by atoms with Crippen molar-refractivity contribution in [3.8, 4) is 0 Å². The molecule has 2 aliphatic rings. The summed E-state index contributed by atoms with van der Waals surface area (Å²) in [4.78, 5) is 36.9. The van der Waals surface area contributed by atoms with Crippen LogP contribution >= 0.6 is 0 Å². The molecule has 0 aromatic carbocycles. The smallest absolute Gasteiger partial charge is 0.245 e. The largest absolute Gasteiger partial charge is 0.354 e. The molecule has 2 atom stereocenters. The number of piperidine rings is 1. The number of amides is 2. The van der Waals surface area contributed by atoms with Crippen LogP contribution in [0, 0.1) is 17.8 Å². The van der Waals surface area contributed by atoms with Gasteiger partial charge in [0.2, 0.25) is 11.8 Å². The van der Waals surface area contributed by atoms with Gasteiger partial charge < -0.3 is 15.1 Å². The maximum absolute atomic E-state index is 13.3. The summed E-state index contributed by atoms with van der Waals surface area (Å²) in [5.74, 6) is 1.98. The van der Waals surface area contributed by atoms with E-state index in [1.807, 2.05) is 50.9 Å². The average Bonchev–Trinajstić information content (AvgIpc) is 2.78. The van der Waals surface area contributed by atoms with Gasteiger partial charge in [-0.3, -0.25) is 14.5 Å². The first-order chi connectivity index (χ1) is 15.3. The maximum Gasteiger partial charge on any atom is 0.245 e. The molecule has 178 valence electrons. The Morgan fingerprint density at radius 2 is 1.84 bits per heavy atom. The van der Waals surface area contributed by atoms with Gasteiger partial charge in [0.1, 0.15) is 11.9 Å². The van der Waals surface area contributed by atoms with Gasteiger partial charge in [-0.05, 0) is 42.7 Å². The second-order valence-corrected chi connectivity index (χ2v) is 10.2. The van der Waals surface area contributed by atoms with Crippen LogP contribution in [0.5, 0.6) is 0 Å². The van der Waals surface area contributed by atoms with Gasteiger partial charge in [-0.1, -0.05) is 33.8 Å². The fourth-order valence-electron chi connectivity index (χ4n) is 4.79. The molecule has 0 bridgehead atoms. The standard InChI is InChI=1S/C25H41N5O2/c1-19(2)16-23(31)27-24(20(3)4)25(32)30-11-7-8-21(18-30)17-28-12-14-29(15-13-28)22-9-5-6-10-26-22/h5-6,9-10,19-21,24H,7-8,11-18H2,1-4H3,(H,27,31)/t21-,24+/m0/s1. The molecule has 0 spiro atoms. The van der Waals surface area contributed by atoms with E-state index in [-0.39, 0.29) is 23.7 Å². The predicted octanol–water partition coefficient (Wildman–Crippen LogP) is 2.63. The van der Waals surface area contributed by atoms with Crippen LogP contribution in [-0.4, -0.2) is 78.5 Å². The third kappa shape index (κ3) is 6.92. The van der Waals surface area contributed by atoms with Crippen molar-refractivity contribution in [2.75, 3.05) is 50.7 Å². The van der Waals surface area contributed by atoms with E-state index in [2.05, 4.69) is 26.2 Å². The van der Waals surface area contributed by atoms with E-state index in [0.717, 1.165) is 64.5 Å². The van der Waals surface area contributed by atoms with Crippen molar-refractivity contribution in [3.05, 3.63) is 24.4 Å². The van der Waals surface area contributed by atoms with Crippen LogP contribution in [0.3, 0.4) is 0 Å². The van der Waals surface area contributed by atoms with Crippen molar-refractivity contribution in [1.82, 2.24) is 20.1 Å². The molecule has 7 heteroatoms. The minimum atomic E-state index is -0.429. The van der Waals surface area contributed by atoms with E-state index in [0.29, 0.717) is 12.3 Å². The van der Waals surface area contributed by atoms with Gasteiger partial charge in [0, 0.05) is 58.4 Å². The van der Waals surface area contributed by atoms with E-state index in [1.54, 1.807) is 0 Å². The Morgan fingerprint density at radius 3 is 2.47 bits per heavy atom. The number of hydrogen-bond acceptors (Lipinski definition) is 5. The van der Waals surface area contributed by atoms with Gasteiger partial charge in [0.15, 0.2) is 0 Å². The molecule has 1 N–H and O–H groups in total. The van der Waals surface area contributed by atoms with Crippen molar-refractivity contribution in [1.29, 1.82) is 0 Å². The summed E-state index contributed by atoms with van der Waals surface area (Å²) in [6, 6.07) is 5.64. The summed E-state index contributed by atoms with van der Waals surface area (Å²) in [5.41, 5.74) is 0. The minimum absolute atomic E-state index is 0.0219. The summed E-state index contributed by atoms with van der Waals surface area (Å²) >= 11 is 0. The highest BCUT2D eigenvalue weighted by atomic mass is 16.2. The summed E-state index contributed by atoms with van der Waals surface area (Å²) in [6.45, 7) is 14.7. The van der Waals surface area contributed by atoms with Gasteiger partial charge >= 0.3 is 0 Å². The molecule has 2 saturated heterocycles. The summed E-state index contributed by atoms with van der Waals surface area (Å²) in [6.07, 6.45) is 4.51. The minimum Gasteiger partial charge on any atom is -0.354 e. The second kappa shape index (κ2) is 11.6. The molecule has 32 heavy (non-hydrogen) atoms. The number of aromatic nitrogens is 1. The molecule has 0 aliphatic carbocycles.